The summed E-state index contributed by atoms with van der Waals surface area (Å²) in [6, 6.07) is 5.13. The van der Waals surface area contributed by atoms with E-state index in [0.29, 0.717) is 23.0 Å². The van der Waals surface area contributed by atoms with Crippen molar-refractivity contribution in [3.8, 4) is 12.3 Å². The molecule has 0 aliphatic heterocycles. The first-order valence-corrected chi connectivity index (χ1v) is 5.53. The summed E-state index contributed by atoms with van der Waals surface area (Å²) in [7, 11) is 0. The fraction of sp³-hybridized carbons (Fsp3) is 0.250. The number of rotatable bonds is 4. The van der Waals surface area contributed by atoms with Crippen molar-refractivity contribution in [3.63, 3.8) is 0 Å². The van der Waals surface area contributed by atoms with Crippen molar-refractivity contribution in [2.45, 2.75) is 12.8 Å². The lowest BCUT2D eigenvalue weighted by molar-refractivity contribution is -0.120. The van der Waals surface area contributed by atoms with Crippen molar-refractivity contribution in [2.75, 3.05) is 6.54 Å². The molecule has 0 spiro atoms. The Balaban J connectivity index is 2.50. The molecule has 2 nitrogen and oxygen atoms in total. The Morgan fingerprint density at radius 2 is 2.12 bits per heavy atom. The van der Waals surface area contributed by atoms with Crippen LogP contribution in [0.25, 0.3) is 0 Å². The van der Waals surface area contributed by atoms with Gasteiger partial charge in [-0.2, -0.15) is 0 Å². The second-order valence-corrected chi connectivity index (χ2v) is 4.04. The normalized spacial score (nSPS) is 9.56. The third kappa shape index (κ3) is 4.14. The molecule has 0 radical (unpaired) electrons. The van der Waals surface area contributed by atoms with E-state index < -0.39 is 0 Å². The van der Waals surface area contributed by atoms with Crippen molar-refractivity contribution in [2.24, 2.45) is 0 Å². The van der Waals surface area contributed by atoms with Gasteiger partial charge in [-0.25, -0.2) is 0 Å². The topological polar surface area (TPSA) is 29.1 Å². The Morgan fingerprint density at radius 3 is 2.75 bits per heavy atom. The quantitative estimate of drug-likeness (QED) is 0.651. The van der Waals surface area contributed by atoms with E-state index >= 15 is 0 Å². The number of halogens is 2. The minimum absolute atomic E-state index is 0.0753. The van der Waals surface area contributed by atoms with Gasteiger partial charge in [-0.3, -0.25) is 4.79 Å². The van der Waals surface area contributed by atoms with E-state index in [4.69, 9.17) is 29.6 Å². The molecule has 0 unspecified atom stereocenters. The second kappa shape index (κ2) is 6.42. The second-order valence-electron chi connectivity index (χ2n) is 3.23. The molecule has 0 aliphatic carbocycles. The summed E-state index contributed by atoms with van der Waals surface area (Å²) < 4.78 is 0. The van der Waals surface area contributed by atoms with Gasteiger partial charge in [0, 0.05) is 13.0 Å². The Kier molecular flexibility index (Phi) is 5.18. The predicted molar refractivity (Wildman–Crippen MR) is 66.6 cm³/mol. The van der Waals surface area contributed by atoms with Crippen molar-refractivity contribution in [1.82, 2.24) is 5.32 Å². The van der Waals surface area contributed by atoms with Gasteiger partial charge in [0.05, 0.1) is 16.5 Å². The third-order valence-electron chi connectivity index (χ3n) is 1.94. The van der Waals surface area contributed by atoms with Crippen LogP contribution < -0.4 is 5.32 Å². The highest BCUT2D eigenvalue weighted by molar-refractivity contribution is 6.42. The highest BCUT2D eigenvalue weighted by atomic mass is 35.5. The lowest BCUT2D eigenvalue weighted by Gasteiger charge is -2.04. The van der Waals surface area contributed by atoms with E-state index in [9.17, 15) is 4.79 Å². The van der Waals surface area contributed by atoms with E-state index in [1.54, 1.807) is 18.2 Å². The maximum atomic E-state index is 11.4. The number of amides is 1. The number of carbonyl (C=O) groups excluding carboxylic acids is 1. The fourth-order valence-electron chi connectivity index (χ4n) is 1.17. The summed E-state index contributed by atoms with van der Waals surface area (Å²) in [4.78, 5) is 11.4. The first kappa shape index (κ1) is 12.9. The average Bonchev–Trinajstić information content (AvgIpc) is 2.24. The molecule has 0 fully saturated rings. The van der Waals surface area contributed by atoms with Crippen LogP contribution >= 0.6 is 23.2 Å². The van der Waals surface area contributed by atoms with Crippen LogP contribution in [0.1, 0.15) is 12.0 Å². The van der Waals surface area contributed by atoms with Gasteiger partial charge in [0.15, 0.2) is 0 Å². The zero-order valence-corrected chi connectivity index (χ0v) is 10.1. The maximum absolute atomic E-state index is 11.4. The van der Waals surface area contributed by atoms with Gasteiger partial charge in [0.2, 0.25) is 5.91 Å². The molecule has 16 heavy (non-hydrogen) atoms. The fourth-order valence-corrected chi connectivity index (χ4v) is 1.49. The average molecular weight is 256 g/mol. The Bertz CT molecular complexity index is 424. The summed E-state index contributed by atoms with van der Waals surface area (Å²) >= 11 is 11.6. The van der Waals surface area contributed by atoms with Crippen LogP contribution in [0.3, 0.4) is 0 Å². The summed E-state index contributed by atoms with van der Waals surface area (Å²) in [5, 5.41) is 3.65. The maximum Gasteiger partial charge on any atom is 0.224 e. The summed E-state index contributed by atoms with van der Waals surface area (Å²) in [6.45, 7) is 0.497. The number of nitrogens with one attached hydrogen (secondary N) is 1. The van der Waals surface area contributed by atoms with Gasteiger partial charge in [-0.15, -0.1) is 12.3 Å². The zero-order valence-electron chi connectivity index (χ0n) is 8.59. The van der Waals surface area contributed by atoms with Crippen LogP contribution in [0.4, 0.5) is 0 Å². The minimum atomic E-state index is -0.0753. The van der Waals surface area contributed by atoms with Gasteiger partial charge in [0.25, 0.3) is 0 Å². The van der Waals surface area contributed by atoms with Gasteiger partial charge in [-0.1, -0.05) is 29.3 Å². The molecule has 1 aromatic carbocycles. The first-order chi connectivity index (χ1) is 7.63. The Labute approximate surface area is 105 Å². The molecule has 0 bridgehead atoms. The minimum Gasteiger partial charge on any atom is -0.355 e. The van der Waals surface area contributed by atoms with Gasteiger partial charge >= 0.3 is 0 Å². The molecule has 4 heteroatoms. The van der Waals surface area contributed by atoms with Crippen LogP contribution in [0.15, 0.2) is 18.2 Å². The van der Waals surface area contributed by atoms with E-state index in [0.717, 1.165) is 5.56 Å². The number of benzene rings is 1. The molecule has 1 N–H and O–H groups in total. The van der Waals surface area contributed by atoms with Gasteiger partial charge in [0.1, 0.15) is 0 Å². The van der Waals surface area contributed by atoms with E-state index in [1.165, 1.54) is 0 Å². The molecule has 0 aromatic heterocycles. The van der Waals surface area contributed by atoms with Gasteiger partial charge in [-0.05, 0) is 17.7 Å². The molecule has 1 aromatic rings. The number of hydrogen-bond acceptors (Lipinski definition) is 1. The van der Waals surface area contributed by atoms with Crippen molar-refractivity contribution in [1.29, 1.82) is 0 Å². The first-order valence-electron chi connectivity index (χ1n) is 4.77. The van der Waals surface area contributed by atoms with Crippen LogP contribution in [-0.2, 0) is 11.2 Å². The Morgan fingerprint density at radius 1 is 1.38 bits per heavy atom. The van der Waals surface area contributed by atoms with Crippen molar-refractivity contribution in [3.05, 3.63) is 33.8 Å². The smallest absolute Gasteiger partial charge is 0.224 e. The molecule has 0 aliphatic rings. The van der Waals surface area contributed by atoms with E-state index in [2.05, 4.69) is 11.2 Å². The van der Waals surface area contributed by atoms with E-state index in [1.807, 2.05) is 0 Å². The monoisotopic (exact) mass is 255 g/mol. The summed E-state index contributed by atoms with van der Waals surface area (Å²) in [5.41, 5.74) is 0.826. The summed E-state index contributed by atoms with van der Waals surface area (Å²) in [5.74, 6) is 2.37. The lowest BCUT2D eigenvalue weighted by Crippen LogP contribution is -2.25. The van der Waals surface area contributed by atoms with Crippen LogP contribution in [-0.4, -0.2) is 12.5 Å². The number of carbonyl (C=O) groups is 1. The van der Waals surface area contributed by atoms with Crippen molar-refractivity contribution < 1.29 is 4.79 Å². The van der Waals surface area contributed by atoms with Crippen LogP contribution in [0.5, 0.6) is 0 Å². The highest BCUT2D eigenvalue weighted by Crippen LogP contribution is 2.22. The molecule has 1 rings (SSSR count). The third-order valence-corrected chi connectivity index (χ3v) is 2.68. The van der Waals surface area contributed by atoms with Crippen LogP contribution in [0.2, 0.25) is 10.0 Å². The predicted octanol–water partition coefficient (Wildman–Crippen LogP) is 2.68. The molecule has 0 heterocycles. The molecular weight excluding hydrogens is 245 g/mol. The molecule has 0 saturated heterocycles. The SMILES string of the molecule is C#CCCNC(=O)Cc1ccc(Cl)c(Cl)c1. The molecular formula is C12H11Cl2NO. The van der Waals surface area contributed by atoms with Crippen molar-refractivity contribution >= 4 is 29.1 Å². The number of terminal acetylenes is 1. The van der Waals surface area contributed by atoms with Crippen LogP contribution in [0, 0.1) is 12.3 Å². The summed E-state index contributed by atoms with van der Waals surface area (Å²) in [6.07, 6.45) is 5.88. The Hall–Kier alpha value is -1.17. The molecule has 0 saturated carbocycles. The zero-order chi connectivity index (χ0) is 12.0. The van der Waals surface area contributed by atoms with Gasteiger partial charge < -0.3 is 5.32 Å². The standard InChI is InChI=1S/C12H11Cl2NO/c1-2-3-6-15-12(16)8-9-4-5-10(13)11(14)7-9/h1,4-5,7H,3,6,8H2,(H,15,16). The lowest BCUT2D eigenvalue weighted by atomic mass is 10.1. The molecule has 0 atom stereocenters. The molecule has 84 valence electrons. The number of hydrogen-bond donors (Lipinski definition) is 1. The largest absolute Gasteiger partial charge is 0.355 e. The highest BCUT2D eigenvalue weighted by Gasteiger charge is 2.04. The molecule has 1 amide bonds. The van der Waals surface area contributed by atoms with E-state index in [-0.39, 0.29) is 12.3 Å².